The molecule has 0 aliphatic carbocycles. The fraction of sp³-hybridized carbons (Fsp3) is 0.615. The molecule has 0 amide bonds. The number of amidine groups is 1. The van der Waals surface area contributed by atoms with Crippen molar-refractivity contribution >= 4 is 11.7 Å². The first-order valence-electron chi connectivity index (χ1n) is 6.49. The van der Waals surface area contributed by atoms with Gasteiger partial charge in [0.25, 0.3) is 0 Å². The maximum atomic E-state index is 8.83. The van der Waals surface area contributed by atoms with Gasteiger partial charge >= 0.3 is 0 Å². The second-order valence-corrected chi connectivity index (χ2v) is 5.41. The molecule has 1 rings (SSSR count). The van der Waals surface area contributed by atoms with Crippen molar-refractivity contribution in [1.29, 1.82) is 0 Å². The van der Waals surface area contributed by atoms with Gasteiger partial charge in [-0.15, -0.1) is 0 Å². The van der Waals surface area contributed by atoms with Crippen LogP contribution in [0.1, 0.15) is 33.4 Å². The van der Waals surface area contributed by atoms with Gasteiger partial charge in [-0.05, 0) is 11.8 Å². The summed E-state index contributed by atoms with van der Waals surface area (Å²) in [5, 5.41) is 11.9. The van der Waals surface area contributed by atoms with Crippen LogP contribution in [0.3, 0.4) is 0 Å². The average molecular weight is 265 g/mol. The van der Waals surface area contributed by atoms with E-state index in [1.807, 2.05) is 0 Å². The predicted molar refractivity (Wildman–Crippen MR) is 76.4 cm³/mol. The third-order valence-corrected chi connectivity index (χ3v) is 2.50. The molecular weight excluding hydrogens is 242 g/mol. The number of aromatic nitrogens is 2. The third kappa shape index (κ3) is 4.39. The van der Waals surface area contributed by atoms with Crippen molar-refractivity contribution in [2.45, 2.75) is 27.7 Å². The van der Waals surface area contributed by atoms with Gasteiger partial charge in [-0.25, -0.2) is 9.97 Å². The number of hydrogen-bond acceptors (Lipinski definition) is 5. The van der Waals surface area contributed by atoms with E-state index in [0.717, 1.165) is 13.1 Å². The lowest BCUT2D eigenvalue weighted by Gasteiger charge is -2.28. The fourth-order valence-corrected chi connectivity index (χ4v) is 1.92. The number of nitrogens with zero attached hydrogens (tertiary/aromatic N) is 4. The summed E-state index contributed by atoms with van der Waals surface area (Å²) in [6, 6.07) is 0. The Morgan fingerprint density at radius 2 is 1.74 bits per heavy atom. The third-order valence-electron chi connectivity index (χ3n) is 2.50. The van der Waals surface area contributed by atoms with Gasteiger partial charge in [0, 0.05) is 25.5 Å². The molecule has 0 radical (unpaired) electrons. The fourth-order valence-electron chi connectivity index (χ4n) is 1.92. The highest BCUT2D eigenvalue weighted by Crippen LogP contribution is 2.18. The van der Waals surface area contributed by atoms with Crippen LogP contribution < -0.4 is 10.6 Å². The Balaban J connectivity index is 3.14. The molecule has 0 unspecified atom stereocenters. The first kappa shape index (κ1) is 15.2. The molecule has 6 heteroatoms. The Labute approximate surface area is 114 Å². The number of oxime groups is 1. The van der Waals surface area contributed by atoms with Gasteiger partial charge in [-0.3, -0.25) is 0 Å². The van der Waals surface area contributed by atoms with Gasteiger partial charge in [-0.1, -0.05) is 32.9 Å². The second kappa shape index (κ2) is 6.92. The zero-order valence-electron chi connectivity index (χ0n) is 12.0. The molecule has 0 aromatic carbocycles. The van der Waals surface area contributed by atoms with Crippen LogP contribution in [-0.4, -0.2) is 34.1 Å². The number of nitrogens with two attached hydrogens (primary N) is 1. The highest BCUT2D eigenvalue weighted by atomic mass is 16.4. The summed E-state index contributed by atoms with van der Waals surface area (Å²) in [7, 11) is 0. The van der Waals surface area contributed by atoms with E-state index in [1.165, 1.54) is 0 Å². The minimum absolute atomic E-state index is 0.0133. The molecule has 0 fully saturated rings. The van der Waals surface area contributed by atoms with Crippen molar-refractivity contribution in [3.05, 3.63) is 18.1 Å². The predicted octanol–water partition coefficient (Wildman–Crippen LogP) is 1.69. The maximum Gasteiger partial charge on any atom is 0.192 e. The van der Waals surface area contributed by atoms with Gasteiger partial charge in [0.2, 0.25) is 0 Å². The quantitative estimate of drug-likeness (QED) is 0.354. The Bertz CT molecular complexity index is 421. The molecule has 19 heavy (non-hydrogen) atoms. The number of rotatable bonds is 6. The summed E-state index contributed by atoms with van der Waals surface area (Å²) < 4.78 is 0. The van der Waals surface area contributed by atoms with Crippen molar-refractivity contribution in [2.24, 2.45) is 22.7 Å². The highest BCUT2D eigenvalue weighted by Gasteiger charge is 2.18. The van der Waals surface area contributed by atoms with Gasteiger partial charge in [0.15, 0.2) is 17.3 Å². The van der Waals surface area contributed by atoms with Crippen LogP contribution in [0.2, 0.25) is 0 Å². The normalized spacial score (nSPS) is 12.2. The molecule has 0 bridgehead atoms. The van der Waals surface area contributed by atoms with Crippen LogP contribution in [-0.2, 0) is 0 Å². The molecule has 0 aliphatic rings. The smallest absolute Gasteiger partial charge is 0.192 e. The van der Waals surface area contributed by atoms with Crippen LogP contribution in [0.5, 0.6) is 0 Å². The van der Waals surface area contributed by atoms with E-state index in [0.29, 0.717) is 23.3 Å². The Hall–Kier alpha value is -1.85. The summed E-state index contributed by atoms with van der Waals surface area (Å²) >= 11 is 0. The van der Waals surface area contributed by atoms with Crippen LogP contribution in [0.25, 0.3) is 0 Å². The summed E-state index contributed by atoms with van der Waals surface area (Å²) in [5.74, 6) is 1.63. The number of anilines is 1. The topological polar surface area (TPSA) is 87.6 Å². The molecule has 3 N–H and O–H groups in total. The Morgan fingerprint density at radius 3 is 2.21 bits per heavy atom. The minimum atomic E-state index is -0.0133. The van der Waals surface area contributed by atoms with E-state index in [2.05, 4.69) is 47.7 Å². The number of hydrogen-bond donors (Lipinski definition) is 2. The van der Waals surface area contributed by atoms with Gasteiger partial charge in [0.1, 0.15) is 0 Å². The summed E-state index contributed by atoms with van der Waals surface area (Å²) in [5.41, 5.74) is 6.09. The average Bonchev–Trinajstić information content (AvgIpc) is 2.36. The SMILES string of the molecule is CC(C)CN(CC(C)C)c1nccnc1C(N)=NO. The molecule has 0 saturated heterocycles. The van der Waals surface area contributed by atoms with Crippen LogP contribution in [0.4, 0.5) is 5.82 Å². The van der Waals surface area contributed by atoms with Crippen molar-refractivity contribution < 1.29 is 5.21 Å². The molecule has 0 aliphatic heterocycles. The zero-order chi connectivity index (χ0) is 14.4. The van der Waals surface area contributed by atoms with Crippen LogP contribution >= 0.6 is 0 Å². The maximum absolute atomic E-state index is 8.83. The highest BCUT2D eigenvalue weighted by molar-refractivity contribution is 5.99. The van der Waals surface area contributed by atoms with E-state index >= 15 is 0 Å². The first-order chi connectivity index (χ1) is 8.95. The van der Waals surface area contributed by atoms with E-state index in [-0.39, 0.29) is 5.84 Å². The lowest BCUT2D eigenvalue weighted by Crippen LogP contribution is -2.34. The lowest BCUT2D eigenvalue weighted by molar-refractivity contribution is 0.318. The summed E-state index contributed by atoms with van der Waals surface area (Å²) in [6.45, 7) is 10.3. The van der Waals surface area contributed by atoms with E-state index < -0.39 is 0 Å². The van der Waals surface area contributed by atoms with Crippen molar-refractivity contribution in [1.82, 2.24) is 9.97 Å². The summed E-state index contributed by atoms with van der Waals surface area (Å²) in [4.78, 5) is 10.6. The second-order valence-electron chi connectivity index (χ2n) is 5.41. The monoisotopic (exact) mass is 265 g/mol. The molecule has 106 valence electrons. The lowest BCUT2D eigenvalue weighted by atomic mass is 10.1. The molecule has 1 heterocycles. The van der Waals surface area contributed by atoms with Crippen LogP contribution in [0, 0.1) is 11.8 Å². The minimum Gasteiger partial charge on any atom is -0.409 e. The summed E-state index contributed by atoms with van der Waals surface area (Å²) in [6.07, 6.45) is 3.16. The Morgan fingerprint density at radius 1 is 1.21 bits per heavy atom. The van der Waals surface area contributed by atoms with Crippen molar-refractivity contribution in [3.8, 4) is 0 Å². The standard InChI is InChI=1S/C13H23N5O/c1-9(2)7-18(8-10(3)4)13-11(12(14)17-19)15-5-6-16-13/h5-6,9-10,19H,7-8H2,1-4H3,(H2,14,17). The molecule has 0 atom stereocenters. The molecule has 6 nitrogen and oxygen atoms in total. The first-order valence-corrected chi connectivity index (χ1v) is 6.49. The van der Waals surface area contributed by atoms with E-state index in [9.17, 15) is 0 Å². The Kier molecular flexibility index (Phi) is 5.54. The van der Waals surface area contributed by atoms with E-state index in [1.54, 1.807) is 12.4 Å². The molecule has 1 aromatic heterocycles. The molecule has 0 spiro atoms. The van der Waals surface area contributed by atoms with E-state index in [4.69, 9.17) is 10.9 Å². The van der Waals surface area contributed by atoms with Crippen LogP contribution in [0.15, 0.2) is 17.5 Å². The molecule has 0 saturated carbocycles. The van der Waals surface area contributed by atoms with Crippen molar-refractivity contribution in [3.63, 3.8) is 0 Å². The molecular formula is C13H23N5O. The van der Waals surface area contributed by atoms with Gasteiger partial charge in [0.05, 0.1) is 0 Å². The zero-order valence-corrected chi connectivity index (χ0v) is 12.0. The van der Waals surface area contributed by atoms with Gasteiger partial charge in [-0.2, -0.15) is 0 Å². The largest absolute Gasteiger partial charge is 0.409 e. The van der Waals surface area contributed by atoms with Gasteiger partial charge < -0.3 is 15.8 Å². The van der Waals surface area contributed by atoms with Crippen molar-refractivity contribution in [2.75, 3.05) is 18.0 Å². The molecule has 1 aromatic rings.